The molecule has 2 amide bonds. The number of fused-ring (bicyclic) bond motifs is 1. The molecule has 5 rings (SSSR count). The number of aliphatic hydroxyl groups excluding tert-OH is 1. The number of aromatic nitrogens is 2. The molecular formula is C34H27F8N5O5. The van der Waals surface area contributed by atoms with Crippen molar-refractivity contribution in [3.05, 3.63) is 88.1 Å². The van der Waals surface area contributed by atoms with Crippen LogP contribution in [0.2, 0.25) is 0 Å². The highest BCUT2D eigenvalue weighted by Gasteiger charge is 2.53. The number of nitrogens with zero attached hydrogens (tertiary/aromatic N) is 4. The lowest BCUT2D eigenvalue weighted by Crippen LogP contribution is -2.60. The van der Waals surface area contributed by atoms with Gasteiger partial charge in [-0.3, -0.25) is 19.4 Å². The molecule has 3 N–H and O–H groups in total. The molecule has 0 aliphatic carbocycles. The summed E-state index contributed by atoms with van der Waals surface area (Å²) in [6.45, 7) is 0.981. The number of anilines is 1. The Bertz CT molecular complexity index is 2040. The Kier molecular flexibility index (Phi) is 10.3. The lowest BCUT2D eigenvalue weighted by atomic mass is 9.90. The van der Waals surface area contributed by atoms with Gasteiger partial charge < -0.3 is 15.5 Å². The van der Waals surface area contributed by atoms with E-state index in [0.717, 1.165) is 23.2 Å². The normalized spacial score (nSPS) is 17.9. The monoisotopic (exact) mass is 737 g/mol. The number of rotatable bonds is 8. The smallest absolute Gasteiger partial charge is 0.433 e. The Morgan fingerprint density at radius 1 is 1.02 bits per heavy atom. The number of benzene rings is 2. The van der Waals surface area contributed by atoms with Gasteiger partial charge in [-0.2, -0.15) is 26.3 Å². The van der Waals surface area contributed by atoms with Gasteiger partial charge in [-0.05, 0) is 56.5 Å². The largest absolute Gasteiger partial charge is 0.509 e. The molecule has 10 nitrogen and oxygen atoms in total. The molecule has 3 heterocycles. The number of amides is 2. The topological polar surface area (TPSA) is 136 Å². The van der Waals surface area contributed by atoms with E-state index < -0.39 is 93.4 Å². The zero-order valence-electron chi connectivity index (χ0n) is 26.9. The fourth-order valence-electron chi connectivity index (χ4n) is 5.89. The van der Waals surface area contributed by atoms with Crippen LogP contribution >= 0.6 is 0 Å². The number of aliphatic carboxylic acids is 1. The molecule has 0 bridgehead atoms. The third-order valence-corrected chi connectivity index (χ3v) is 8.54. The average molecular weight is 738 g/mol. The lowest BCUT2D eigenvalue weighted by Gasteiger charge is -2.46. The van der Waals surface area contributed by atoms with Crippen LogP contribution in [0.25, 0.3) is 11.3 Å². The fraction of sp³-hybridized carbons (Fsp3) is 0.324. The lowest BCUT2D eigenvalue weighted by molar-refractivity contribution is -0.160. The molecule has 1 saturated heterocycles. The molecule has 1 atom stereocenters. The SMILES string of the molecule is C[C@]12CCCN1N(Cc1ccc(C#CCCCC(=O)O)c(F)c1F)C(=O)C(C(=O)Nc1ccc(C(F)(F)F)cc1-c1cc(C(F)(F)F)ncn1)=C2O. The van der Waals surface area contributed by atoms with Gasteiger partial charge in [0.2, 0.25) is 0 Å². The first-order valence-electron chi connectivity index (χ1n) is 15.5. The summed E-state index contributed by atoms with van der Waals surface area (Å²) in [5, 5.41) is 24.5. The number of hydrogen-bond acceptors (Lipinski definition) is 7. The highest BCUT2D eigenvalue weighted by molar-refractivity contribution is 6.24. The van der Waals surface area contributed by atoms with Crippen LogP contribution in [0.3, 0.4) is 0 Å². The number of carbonyl (C=O) groups is 3. The average Bonchev–Trinajstić information content (AvgIpc) is 3.47. The summed E-state index contributed by atoms with van der Waals surface area (Å²) in [6, 6.07) is 4.41. The van der Waals surface area contributed by atoms with Crippen molar-refractivity contribution < 1.29 is 59.7 Å². The predicted octanol–water partition coefficient (Wildman–Crippen LogP) is 6.63. The van der Waals surface area contributed by atoms with E-state index in [2.05, 4.69) is 27.1 Å². The first-order chi connectivity index (χ1) is 24.3. The van der Waals surface area contributed by atoms with E-state index >= 15 is 8.78 Å². The Morgan fingerprint density at radius 3 is 2.42 bits per heavy atom. The maximum Gasteiger partial charge on any atom is 0.433 e. The van der Waals surface area contributed by atoms with Crippen LogP contribution < -0.4 is 5.32 Å². The van der Waals surface area contributed by atoms with Gasteiger partial charge in [-0.15, -0.1) is 0 Å². The summed E-state index contributed by atoms with van der Waals surface area (Å²) >= 11 is 0. The van der Waals surface area contributed by atoms with Crippen molar-refractivity contribution in [3.8, 4) is 23.1 Å². The van der Waals surface area contributed by atoms with Crippen LogP contribution in [-0.2, 0) is 33.3 Å². The zero-order valence-corrected chi connectivity index (χ0v) is 26.9. The van der Waals surface area contributed by atoms with E-state index in [1.165, 1.54) is 11.9 Å². The van der Waals surface area contributed by atoms with Crippen LogP contribution in [0.5, 0.6) is 0 Å². The molecule has 2 aliphatic rings. The summed E-state index contributed by atoms with van der Waals surface area (Å²) < 4.78 is 112. The fourth-order valence-corrected chi connectivity index (χ4v) is 5.89. The number of hydrogen-bond donors (Lipinski definition) is 3. The second-order valence-corrected chi connectivity index (χ2v) is 12.0. The van der Waals surface area contributed by atoms with E-state index in [0.29, 0.717) is 30.9 Å². The molecule has 2 aliphatic heterocycles. The zero-order chi connectivity index (χ0) is 38.2. The first kappa shape index (κ1) is 37.7. The molecule has 0 unspecified atom stereocenters. The Balaban J connectivity index is 1.48. The maximum absolute atomic E-state index is 15.3. The van der Waals surface area contributed by atoms with Gasteiger partial charge in [0.1, 0.15) is 23.4 Å². The Labute approximate surface area is 289 Å². The number of unbranched alkanes of at least 4 members (excludes halogenated alkanes) is 1. The summed E-state index contributed by atoms with van der Waals surface area (Å²) in [5.74, 6) is -2.03. The van der Waals surface area contributed by atoms with Crippen molar-refractivity contribution in [1.29, 1.82) is 0 Å². The van der Waals surface area contributed by atoms with E-state index in [1.54, 1.807) is 0 Å². The third-order valence-electron chi connectivity index (χ3n) is 8.54. The number of carboxylic acids is 1. The highest BCUT2D eigenvalue weighted by atomic mass is 19.4. The van der Waals surface area contributed by atoms with Crippen LogP contribution in [0.4, 0.5) is 40.8 Å². The molecule has 0 saturated carbocycles. The summed E-state index contributed by atoms with van der Waals surface area (Å²) in [5.41, 5.74) is -7.55. The second-order valence-electron chi connectivity index (χ2n) is 12.0. The number of carbonyl (C=O) groups excluding carboxylic acids is 2. The second kappa shape index (κ2) is 14.2. The maximum atomic E-state index is 15.3. The van der Waals surface area contributed by atoms with Crippen LogP contribution in [0.15, 0.2) is 54.1 Å². The van der Waals surface area contributed by atoms with Gasteiger partial charge in [-0.1, -0.05) is 17.9 Å². The standard InChI is InChI=1S/C34H27F8N5O5/c1-32-12-5-13-47(32)46(16-19-9-8-18(27(35)28(19)36)6-3-2-4-7-25(48)49)31(52)26(29(32)50)30(51)45-22-11-10-20(33(37,38)39)14-21(22)23-15-24(34(40,41)42)44-17-43-23/h8-11,14-15,17,50H,2,4-5,7,12-13,16H2,1H3,(H,45,51)(H,48,49)/t32-/m1/s1. The van der Waals surface area contributed by atoms with Crippen LogP contribution in [0, 0.1) is 23.5 Å². The van der Waals surface area contributed by atoms with E-state index in [9.17, 15) is 45.8 Å². The van der Waals surface area contributed by atoms with E-state index in [-0.39, 0.29) is 43.4 Å². The van der Waals surface area contributed by atoms with Gasteiger partial charge in [-0.25, -0.2) is 23.8 Å². The third kappa shape index (κ3) is 7.54. The van der Waals surface area contributed by atoms with Crippen molar-refractivity contribution in [2.45, 2.75) is 63.5 Å². The Hall–Kier alpha value is -5.57. The summed E-state index contributed by atoms with van der Waals surface area (Å²) in [4.78, 5) is 45.0. The highest BCUT2D eigenvalue weighted by Crippen LogP contribution is 2.43. The van der Waals surface area contributed by atoms with Gasteiger partial charge in [0, 0.05) is 30.5 Å². The van der Waals surface area contributed by atoms with Gasteiger partial charge >= 0.3 is 18.3 Å². The van der Waals surface area contributed by atoms with Gasteiger partial charge in [0.25, 0.3) is 11.8 Å². The van der Waals surface area contributed by atoms with Crippen molar-refractivity contribution in [2.75, 3.05) is 11.9 Å². The molecule has 0 radical (unpaired) electrons. The molecular weight excluding hydrogens is 710 g/mol. The number of hydrazine groups is 1. The Morgan fingerprint density at radius 2 is 1.75 bits per heavy atom. The van der Waals surface area contributed by atoms with Gasteiger partial charge in [0.15, 0.2) is 11.6 Å². The van der Waals surface area contributed by atoms with Gasteiger partial charge in [0.05, 0.1) is 34.6 Å². The molecule has 1 fully saturated rings. The van der Waals surface area contributed by atoms with E-state index in [4.69, 9.17) is 5.11 Å². The molecule has 18 heteroatoms. The van der Waals surface area contributed by atoms with E-state index in [1.807, 2.05) is 0 Å². The number of carboxylic acid groups (broad SMARTS) is 1. The minimum atomic E-state index is -5.00. The predicted molar refractivity (Wildman–Crippen MR) is 165 cm³/mol. The number of alkyl halides is 6. The molecule has 2 aromatic carbocycles. The minimum Gasteiger partial charge on any atom is -0.509 e. The first-order valence-corrected chi connectivity index (χ1v) is 15.5. The van der Waals surface area contributed by atoms with Crippen LogP contribution in [0.1, 0.15) is 61.4 Å². The van der Waals surface area contributed by atoms with Crippen molar-refractivity contribution >= 4 is 23.5 Å². The minimum absolute atomic E-state index is 0.104. The number of nitrogens with one attached hydrogen (secondary N) is 1. The molecule has 274 valence electrons. The molecule has 3 aromatic rings. The summed E-state index contributed by atoms with van der Waals surface area (Å²) in [6.07, 6.45) is -8.80. The van der Waals surface area contributed by atoms with Crippen LogP contribution in [-0.4, -0.2) is 60.1 Å². The molecule has 0 spiro atoms. The quantitative estimate of drug-likeness (QED) is 0.102. The number of aliphatic hydroxyl groups is 1. The molecule has 52 heavy (non-hydrogen) atoms. The summed E-state index contributed by atoms with van der Waals surface area (Å²) in [7, 11) is 0. The molecule has 1 aromatic heterocycles. The van der Waals surface area contributed by atoms with Crippen molar-refractivity contribution in [2.24, 2.45) is 0 Å². The number of halogens is 8. The van der Waals surface area contributed by atoms with Crippen molar-refractivity contribution in [1.82, 2.24) is 20.0 Å². The van der Waals surface area contributed by atoms with Crippen molar-refractivity contribution in [3.63, 3.8) is 0 Å².